The van der Waals surface area contributed by atoms with Crippen LogP contribution in [0.25, 0.3) is 0 Å². The number of hydrogen-bond acceptors (Lipinski definition) is 4. The molecule has 0 aliphatic rings. The second-order valence-corrected chi connectivity index (χ2v) is 4.59. The van der Waals surface area contributed by atoms with E-state index in [0.29, 0.717) is 0 Å². The minimum Gasteiger partial charge on any atom is -0.384 e. The van der Waals surface area contributed by atoms with Gasteiger partial charge in [-0.1, -0.05) is 0 Å². The van der Waals surface area contributed by atoms with Gasteiger partial charge in [0.05, 0.1) is 17.5 Å². The molecule has 0 radical (unpaired) electrons. The van der Waals surface area contributed by atoms with E-state index in [4.69, 9.17) is 11.1 Å². The van der Waals surface area contributed by atoms with Crippen LogP contribution in [0.2, 0.25) is 0 Å². The molecule has 0 saturated heterocycles. The van der Waals surface area contributed by atoms with Gasteiger partial charge in [0.15, 0.2) is 0 Å². The van der Waals surface area contributed by atoms with E-state index in [0.717, 1.165) is 0 Å². The van der Waals surface area contributed by atoms with Crippen LogP contribution in [0.1, 0.15) is 12.5 Å². The van der Waals surface area contributed by atoms with E-state index in [1.165, 1.54) is 13.1 Å². The molecule has 8 heteroatoms. The Morgan fingerprint density at radius 3 is 2.93 bits per heavy atom. The Labute approximate surface area is 81.3 Å². The first-order valence-corrected chi connectivity index (χ1v) is 5.49. The van der Waals surface area contributed by atoms with Gasteiger partial charge >= 0.3 is 0 Å². The molecule has 78 valence electrons. The van der Waals surface area contributed by atoms with Gasteiger partial charge in [-0.15, -0.1) is 0 Å². The normalized spacial score (nSPS) is 11.2. The maximum Gasteiger partial charge on any atom is 0.233 e. The van der Waals surface area contributed by atoms with Gasteiger partial charge in [0.2, 0.25) is 10.0 Å². The second-order valence-electron chi connectivity index (χ2n) is 2.58. The molecule has 0 unspecified atom stereocenters. The lowest BCUT2D eigenvalue weighted by atomic mass is 10.3. The quantitative estimate of drug-likeness (QED) is 0.399. The van der Waals surface area contributed by atoms with Gasteiger partial charge < -0.3 is 5.73 Å². The summed E-state index contributed by atoms with van der Waals surface area (Å²) in [6.07, 6.45) is 1.29. The van der Waals surface area contributed by atoms with E-state index in [-0.39, 0.29) is 23.0 Å². The number of hydrogen-bond donors (Lipinski definition) is 4. The lowest BCUT2D eigenvalue weighted by molar-refractivity contribution is 0.602. The number of rotatable bonds is 4. The molecule has 0 aliphatic heterocycles. The number of nitrogens with zero attached hydrogens (tertiary/aromatic N) is 1. The fourth-order valence-electron chi connectivity index (χ4n) is 0.796. The molecule has 0 bridgehead atoms. The number of nitrogens with two attached hydrogens (primary N) is 1. The lowest BCUT2D eigenvalue weighted by Crippen LogP contribution is -2.19. The van der Waals surface area contributed by atoms with Crippen molar-refractivity contribution in [1.29, 1.82) is 5.41 Å². The molecule has 0 saturated carbocycles. The Hall–Kier alpha value is -1.57. The minimum absolute atomic E-state index is 0.0522. The molecule has 1 aromatic rings. The molecular weight excluding hydrogens is 206 g/mol. The van der Waals surface area contributed by atoms with E-state index >= 15 is 0 Å². The fraction of sp³-hybridized carbons (Fsp3) is 0.333. The van der Waals surface area contributed by atoms with Crippen LogP contribution >= 0.6 is 0 Å². The summed E-state index contributed by atoms with van der Waals surface area (Å²) >= 11 is 0. The molecule has 0 fully saturated rings. The average molecular weight is 217 g/mol. The molecule has 0 amide bonds. The van der Waals surface area contributed by atoms with Crippen molar-refractivity contribution in [3.8, 4) is 0 Å². The lowest BCUT2D eigenvalue weighted by Gasteiger charge is -2.04. The summed E-state index contributed by atoms with van der Waals surface area (Å²) in [5.41, 5.74) is 5.45. The van der Waals surface area contributed by atoms with Crippen molar-refractivity contribution < 1.29 is 8.42 Å². The van der Waals surface area contributed by atoms with Crippen molar-refractivity contribution in [2.45, 2.75) is 6.92 Å². The van der Waals surface area contributed by atoms with Crippen LogP contribution in [0, 0.1) is 5.41 Å². The number of H-pyrrole nitrogens is 1. The van der Waals surface area contributed by atoms with Crippen LogP contribution in [0.15, 0.2) is 6.20 Å². The number of sulfonamides is 1. The van der Waals surface area contributed by atoms with Crippen molar-refractivity contribution in [2.24, 2.45) is 5.73 Å². The average Bonchev–Trinajstić information content (AvgIpc) is 2.51. The van der Waals surface area contributed by atoms with Crippen LogP contribution < -0.4 is 10.5 Å². The number of aromatic nitrogens is 2. The van der Waals surface area contributed by atoms with E-state index in [9.17, 15) is 8.42 Å². The fourth-order valence-corrected chi connectivity index (χ4v) is 1.41. The first-order valence-electron chi connectivity index (χ1n) is 3.84. The highest BCUT2D eigenvalue weighted by Gasteiger charge is 2.13. The van der Waals surface area contributed by atoms with Gasteiger partial charge in [0.1, 0.15) is 11.7 Å². The predicted octanol–water partition coefficient (Wildman–Crippen LogP) is -0.545. The monoisotopic (exact) mass is 217 g/mol. The van der Waals surface area contributed by atoms with E-state index in [1.54, 1.807) is 0 Å². The molecule has 1 heterocycles. The summed E-state index contributed by atoms with van der Waals surface area (Å²) in [4.78, 5) is 0. The summed E-state index contributed by atoms with van der Waals surface area (Å²) in [5.74, 6) is -0.171. The molecule has 0 aromatic carbocycles. The minimum atomic E-state index is -3.37. The number of nitrogens with one attached hydrogen (secondary N) is 3. The van der Waals surface area contributed by atoms with Crippen LogP contribution in [0.4, 0.5) is 5.82 Å². The third-order valence-electron chi connectivity index (χ3n) is 1.57. The zero-order valence-electron chi connectivity index (χ0n) is 7.53. The Kier molecular flexibility index (Phi) is 2.75. The van der Waals surface area contributed by atoms with Crippen LogP contribution in [-0.4, -0.2) is 30.2 Å². The predicted molar refractivity (Wildman–Crippen MR) is 52.7 cm³/mol. The molecular formula is C6H11N5O2S. The molecule has 5 N–H and O–H groups in total. The smallest absolute Gasteiger partial charge is 0.233 e. The summed E-state index contributed by atoms with van der Waals surface area (Å²) in [5, 5.41) is 13.1. The summed E-state index contributed by atoms with van der Waals surface area (Å²) in [6.45, 7) is 1.51. The topological polar surface area (TPSA) is 125 Å². The highest BCUT2D eigenvalue weighted by Crippen LogP contribution is 2.11. The van der Waals surface area contributed by atoms with Crippen molar-refractivity contribution in [3.05, 3.63) is 11.8 Å². The van der Waals surface area contributed by atoms with E-state index in [2.05, 4.69) is 14.9 Å². The number of amidine groups is 1. The summed E-state index contributed by atoms with van der Waals surface area (Å²) < 4.78 is 24.6. The number of anilines is 1. The Morgan fingerprint density at radius 2 is 2.43 bits per heavy atom. The third kappa shape index (κ3) is 2.22. The van der Waals surface area contributed by atoms with Crippen molar-refractivity contribution in [1.82, 2.24) is 10.2 Å². The maximum absolute atomic E-state index is 11.2. The zero-order valence-corrected chi connectivity index (χ0v) is 8.35. The van der Waals surface area contributed by atoms with E-state index in [1.807, 2.05) is 0 Å². The summed E-state index contributed by atoms with van der Waals surface area (Å²) in [6, 6.07) is 0. The first kappa shape index (κ1) is 10.5. The van der Waals surface area contributed by atoms with Gasteiger partial charge in [-0.3, -0.25) is 15.2 Å². The van der Waals surface area contributed by atoms with Crippen LogP contribution in [-0.2, 0) is 10.0 Å². The molecule has 14 heavy (non-hydrogen) atoms. The van der Waals surface area contributed by atoms with Crippen molar-refractivity contribution >= 4 is 21.7 Å². The third-order valence-corrected chi connectivity index (χ3v) is 2.84. The van der Waals surface area contributed by atoms with Gasteiger partial charge in [0, 0.05) is 0 Å². The standard InChI is InChI=1S/C6H11N5O2S/c1-2-14(12,13)11-6-4(5(7)8)3-9-10-6/h3H,2H2,1H3,(H3,7,8)(H2,9,10,11). The van der Waals surface area contributed by atoms with Gasteiger partial charge in [-0.2, -0.15) is 5.10 Å². The molecule has 7 nitrogen and oxygen atoms in total. The SMILES string of the molecule is CCS(=O)(=O)Nc1[nH]ncc1C(=N)N. The van der Waals surface area contributed by atoms with Gasteiger partial charge in [-0.05, 0) is 6.92 Å². The number of nitrogen functional groups attached to an aromatic ring is 1. The highest BCUT2D eigenvalue weighted by atomic mass is 32.2. The van der Waals surface area contributed by atoms with Crippen molar-refractivity contribution in [2.75, 3.05) is 10.5 Å². The Bertz CT molecular complexity index is 435. The Morgan fingerprint density at radius 1 is 1.79 bits per heavy atom. The van der Waals surface area contributed by atoms with Crippen LogP contribution in [0.3, 0.4) is 0 Å². The first-order chi connectivity index (χ1) is 6.46. The zero-order chi connectivity index (χ0) is 10.8. The molecule has 1 rings (SSSR count). The number of aromatic amines is 1. The summed E-state index contributed by atoms with van der Waals surface area (Å²) in [7, 11) is -3.37. The molecule has 1 aromatic heterocycles. The largest absolute Gasteiger partial charge is 0.384 e. The van der Waals surface area contributed by atoms with Gasteiger partial charge in [0.25, 0.3) is 0 Å². The van der Waals surface area contributed by atoms with Crippen LogP contribution in [0.5, 0.6) is 0 Å². The van der Waals surface area contributed by atoms with E-state index < -0.39 is 10.0 Å². The Balaban J connectivity index is 2.98. The molecule has 0 atom stereocenters. The highest BCUT2D eigenvalue weighted by molar-refractivity contribution is 7.92. The molecule has 0 spiro atoms. The maximum atomic E-state index is 11.2. The van der Waals surface area contributed by atoms with Crippen molar-refractivity contribution in [3.63, 3.8) is 0 Å². The molecule has 0 aliphatic carbocycles. The second kappa shape index (κ2) is 3.66. The van der Waals surface area contributed by atoms with Gasteiger partial charge in [-0.25, -0.2) is 8.42 Å².